The van der Waals surface area contributed by atoms with Gasteiger partial charge in [-0.1, -0.05) is 6.92 Å². The zero-order valence-electron chi connectivity index (χ0n) is 8.40. The van der Waals surface area contributed by atoms with Crippen LogP contribution in [0.3, 0.4) is 0 Å². The van der Waals surface area contributed by atoms with E-state index in [9.17, 15) is 17.6 Å². The number of aliphatic hydroxyl groups excluding tert-OH is 1. The summed E-state index contributed by atoms with van der Waals surface area (Å²) in [6, 6.07) is -0.690. The standard InChI is InChI=1S/C9H10F4N2O/c1-2-4(3-16)14-7-5(10)8(12)15-9(13)6(7)11/h4,16H,2-3H2,1H3,(H,14,15). The van der Waals surface area contributed by atoms with E-state index in [0.29, 0.717) is 6.42 Å². The summed E-state index contributed by atoms with van der Waals surface area (Å²) in [6.07, 6.45) is 0.334. The monoisotopic (exact) mass is 238 g/mol. The minimum atomic E-state index is -1.73. The minimum Gasteiger partial charge on any atom is -0.394 e. The molecule has 3 nitrogen and oxygen atoms in total. The Labute approximate surface area is 89.1 Å². The van der Waals surface area contributed by atoms with Crippen molar-refractivity contribution in [2.75, 3.05) is 11.9 Å². The highest BCUT2D eigenvalue weighted by atomic mass is 19.2. The van der Waals surface area contributed by atoms with Crippen LogP contribution >= 0.6 is 0 Å². The summed E-state index contributed by atoms with van der Waals surface area (Å²) in [5, 5.41) is 11.0. The lowest BCUT2D eigenvalue weighted by Crippen LogP contribution is -2.25. The van der Waals surface area contributed by atoms with Crippen molar-refractivity contribution in [2.45, 2.75) is 19.4 Å². The molecule has 1 unspecified atom stereocenters. The van der Waals surface area contributed by atoms with Gasteiger partial charge in [0.05, 0.1) is 6.61 Å². The minimum absolute atomic E-state index is 0.334. The lowest BCUT2D eigenvalue weighted by atomic mass is 10.2. The number of aromatic nitrogens is 1. The van der Waals surface area contributed by atoms with Crippen molar-refractivity contribution in [1.29, 1.82) is 0 Å². The average Bonchev–Trinajstić information content (AvgIpc) is 2.27. The third-order valence-corrected chi connectivity index (χ3v) is 2.06. The van der Waals surface area contributed by atoms with Crippen molar-refractivity contribution >= 4 is 5.69 Å². The van der Waals surface area contributed by atoms with Crippen molar-refractivity contribution in [3.05, 3.63) is 23.5 Å². The topological polar surface area (TPSA) is 45.1 Å². The summed E-state index contributed by atoms with van der Waals surface area (Å²) in [6.45, 7) is 1.22. The number of rotatable bonds is 4. The molecule has 0 saturated heterocycles. The Balaban J connectivity index is 3.11. The lowest BCUT2D eigenvalue weighted by Gasteiger charge is -2.16. The van der Waals surface area contributed by atoms with Gasteiger partial charge in [-0.05, 0) is 6.42 Å². The normalized spacial score (nSPS) is 12.6. The number of hydrogen-bond donors (Lipinski definition) is 2. The second kappa shape index (κ2) is 5.11. The molecule has 1 aromatic rings. The fourth-order valence-corrected chi connectivity index (χ4v) is 1.09. The van der Waals surface area contributed by atoms with Gasteiger partial charge in [0.2, 0.25) is 11.6 Å². The Hall–Kier alpha value is -1.37. The molecule has 1 aromatic heterocycles. The maximum absolute atomic E-state index is 13.1. The van der Waals surface area contributed by atoms with Gasteiger partial charge in [0.15, 0.2) is 0 Å². The zero-order chi connectivity index (χ0) is 12.3. The lowest BCUT2D eigenvalue weighted by molar-refractivity contribution is 0.270. The number of pyridine rings is 1. The van der Waals surface area contributed by atoms with Crippen LogP contribution in [0.5, 0.6) is 0 Å². The summed E-state index contributed by atoms with van der Waals surface area (Å²) in [5.74, 6) is -6.67. The van der Waals surface area contributed by atoms with E-state index in [0.717, 1.165) is 0 Å². The first kappa shape index (κ1) is 12.7. The van der Waals surface area contributed by atoms with Crippen molar-refractivity contribution in [3.8, 4) is 0 Å². The highest BCUT2D eigenvalue weighted by molar-refractivity contribution is 5.46. The molecule has 0 fully saturated rings. The predicted molar refractivity (Wildman–Crippen MR) is 48.9 cm³/mol. The molecule has 1 atom stereocenters. The van der Waals surface area contributed by atoms with Crippen LogP contribution in [0.25, 0.3) is 0 Å². The Morgan fingerprint density at radius 1 is 1.19 bits per heavy atom. The molecule has 1 heterocycles. The number of aliphatic hydroxyl groups is 1. The van der Waals surface area contributed by atoms with Crippen molar-refractivity contribution in [3.63, 3.8) is 0 Å². The first-order chi connectivity index (χ1) is 7.51. The van der Waals surface area contributed by atoms with Gasteiger partial charge >= 0.3 is 0 Å². The maximum atomic E-state index is 13.1. The fraction of sp³-hybridized carbons (Fsp3) is 0.444. The molecular weight excluding hydrogens is 228 g/mol. The second-order valence-corrected chi connectivity index (χ2v) is 3.13. The van der Waals surface area contributed by atoms with Gasteiger partial charge in [0, 0.05) is 6.04 Å². The van der Waals surface area contributed by atoms with Crippen LogP contribution in [-0.2, 0) is 0 Å². The number of halogens is 4. The van der Waals surface area contributed by atoms with E-state index in [1.54, 1.807) is 6.92 Å². The second-order valence-electron chi connectivity index (χ2n) is 3.13. The first-order valence-electron chi connectivity index (χ1n) is 4.58. The molecule has 0 saturated carbocycles. The van der Waals surface area contributed by atoms with E-state index in [2.05, 4.69) is 10.3 Å². The van der Waals surface area contributed by atoms with Crippen molar-refractivity contribution < 1.29 is 22.7 Å². The fourth-order valence-electron chi connectivity index (χ4n) is 1.09. The summed E-state index contributed by atoms with van der Waals surface area (Å²) >= 11 is 0. The van der Waals surface area contributed by atoms with Crippen LogP contribution in [0.4, 0.5) is 23.2 Å². The van der Waals surface area contributed by atoms with Gasteiger partial charge in [0.25, 0.3) is 11.9 Å². The Morgan fingerprint density at radius 2 is 1.69 bits per heavy atom. The van der Waals surface area contributed by atoms with Crippen LogP contribution in [0.1, 0.15) is 13.3 Å². The summed E-state index contributed by atoms with van der Waals surface area (Å²) in [4.78, 5) is 2.41. The molecular formula is C9H10F4N2O. The van der Waals surface area contributed by atoms with E-state index in [1.165, 1.54) is 0 Å². The molecule has 0 radical (unpaired) electrons. The summed E-state index contributed by atoms with van der Waals surface area (Å²) < 4.78 is 51.5. The molecule has 0 bridgehead atoms. The molecule has 7 heteroatoms. The molecule has 90 valence electrons. The number of hydrogen-bond acceptors (Lipinski definition) is 3. The van der Waals surface area contributed by atoms with Gasteiger partial charge in [-0.25, -0.2) is 0 Å². The van der Waals surface area contributed by atoms with E-state index in [-0.39, 0.29) is 0 Å². The van der Waals surface area contributed by atoms with Gasteiger partial charge in [0.1, 0.15) is 5.69 Å². The number of nitrogens with one attached hydrogen (secondary N) is 1. The highest BCUT2D eigenvalue weighted by Crippen LogP contribution is 2.22. The molecule has 2 N–H and O–H groups in total. The van der Waals surface area contributed by atoms with E-state index in [4.69, 9.17) is 5.11 Å². The number of anilines is 1. The van der Waals surface area contributed by atoms with Crippen LogP contribution in [0.15, 0.2) is 0 Å². The third kappa shape index (κ3) is 2.41. The first-order valence-corrected chi connectivity index (χ1v) is 4.58. The Kier molecular flexibility index (Phi) is 4.05. The smallest absolute Gasteiger partial charge is 0.253 e. The van der Waals surface area contributed by atoms with E-state index < -0.39 is 41.9 Å². The largest absolute Gasteiger partial charge is 0.394 e. The van der Waals surface area contributed by atoms with Crippen LogP contribution in [0, 0.1) is 23.5 Å². The molecule has 0 aliphatic heterocycles. The van der Waals surface area contributed by atoms with Gasteiger partial charge in [-0.15, -0.1) is 0 Å². The van der Waals surface area contributed by atoms with E-state index >= 15 is 0 Å². The van der Waals surface area contributed by atoms with Crippen LogP contribution in [0.2, 0.25) is 0 Å². The summed E-state index contributed by atoms with van der Waals surface area (Å²) in [5.41, 5.74) is -0.953. The third-order valence-electron chi connectivity index (χ3n) is 2.06. The predicted octanol–water partition coefficient (Wildman–Crippen LogP) is 1.82. The van der Waals surface area contributed by atoms with Gasteiger partial charge < -0.3 is 10.4 Å². The van der Waals surface area contributed by atoms with Gasteiger partial charge in [-0.3, -0.25) is 0 Å². The average molecular weight is 238 g/mol. The quantitative estimate of drug-likeness (QED) is 0.621. The van der Waals surface area contributed by atoms with Crippen molar-refractivity contribution in [2.24, 2.45) is 0 Å². The van der Waals surface area contributed by atoms with Crippen LogP contribution < -0.4 is 5.32 Å². The SMILES string of the molecule is CCC(CO)Nc1c(F)c(F)nc(F)c1F. The summed E-state index contributed by atoms with van der Waals surface area (Å²) in [7, 11) is 0. The molecule has 1 rings (SSSR count). The zero-order valence-corrected chi connectivity index (χ0v) is 8.40. The van der Waals surface area contributed by atoms with E-state index in [1.807, 2.05) is 0 Å². The van der Waals surface area contributed by atoms with Crippen LogP contribution in [-0.4, -0.2) is 22.7 Å². The highest BCUT2D eigenvalue weighted by Gasteiger charge is 2.22. The van der Waals surface area contributed by atoms with Gasteiger partial charge in [-0.2, -0.15) is 22.5 Å². The molecule has 0 aliphatic rings. The molecule has 0 amide bonds. The Morgan fingerprint density at radius 3 is 2.06 bits per heavy atom. The number of nitrogens with zero attached hydrogens (tertiary/aromatic N) is 1. The molecule has 16 heavy (non-hydrogen) atoms. The molecule has 0 aliphatic carbocycles. The Bertz CT molecular complexity index is 356. The molecule has 0 aromatic carbocycles. The molecule has 0 spiro atoms. The maximum Gasteiger partial charge on any atom is 0.253 e. The van der Waals surface area contributed by atoms with Crippen molar-refractivity contribution in [1.82, 2.24) is 4.98 Å².